The SMILES string of the molecule is c1cc(CN2CCC(N3CCCCC3)CC2)nc(N2CCOCC2)n1. The highest BCUT2D eigenvalue weighted by Crippen LogP contribution is 2.22. The van der Waals surface area contributed by atoms with Crippen molar-refractivity contribution in [3.8, 4) is 0 Å². The molecule has 3 fully saturated rings. The van der Waals surface area contributed by atoms with Crippen LogP contribution in [0, 0.1) is 0 Å². The van der Waals surface area contributed by atoms with Crippen molar-refractivity contribution in [1.82, 2.24) is 19.8 Å². The van der Waals surface area contributed by atoms with Crippen molar-refractivity contribution in [1.29, 1.82) is 0 Å². The number of rotatable bonds is 4. The third kappa shape index (κ3) is 4.49. The van der Waals surface area contributed by atoms with Crippen molar-refractivity contribution >= 4 is 5.95 Å². The van der Waals surface area contributed by atoms with Gasteiger partial charge in [-0.3, -0.25) is 4.90 Å². The molecule has 6 heteroatoms. The van der Waals surface area contributed by atoms with Gasteiger partial charge < -0.3 is 14.5 Å². The maximum atomic E-state index is 5.42. The molecule has 0 unspecified atom stereocenters. The maximum Gasteiger partial charge on any atom is 0.225 e. The van der Waals surface area contributed by atoms with Crippen molar-refractivity contribution in [3.05, 3.63) is 18.0 Å². The molecule has 6 nitrogen and oxygen atoms in total. The lowest BCUT2D eigenvalue weighted by Gasteiger charge is -2.40. The van der Waals surface area contributed by atoms with Crippen LogP contribution in [0.3, 0.4) is 0 Å². The van der Waals surface area contributed by atoms with Crippen molar-refractivity contribution in [3.63, 3.8) is 0 Å². The van der Waals surface area contributed by atoms with Gasteiger partial charge in [-0.15, -0.1) is 0 Å². The van der Waals surface area contributed by atoms with E-state index in [1.165, 1.54) is 58.3 Å². The first-order valence-corrected chi connectivity index (χ1v) is 9.99. The average molecular weight is 345 g/mol. The van der Waals surface area contributed by atoms with Crippen LogP contribution < -0.4 is 4.90 Å². The summed E-state index contributed by atoms with van der Waals surface area (Å²) in [6, 6.07) is 2.88. The van der Waals surface area contributed by atoms with E-state index in [-0.39, 0.29) is 0 Å². The Morgan fingerprint density at radius 1 is 0.960 bits per heavy atom. The van der Waals surface area contributed by atoms with Crippen LogP contribution in [-0.4, -0.2) is 78.3 Å². The summed E-state index contributed by atoms with van der Waals surface area (Å²) in [5, 5.41) is 0. The first kappa shape index (κ1) is 17.2. The van der Waals surface area contributed by atoms with Crippen LogP contribution >= 0.6 is 0 Å². The van der Waals surface area contributed by atoms with Crippen molar-refractivity contribution in [2.75, 3.05) is 57.4 Å². The van der Waals surface area contributed by atoms with Crippen LogP contribution in [-0.2, 0) is 11.3 Å². The van der Waals surface area contributed by atoms with Crippen molar-refractivity contribution < 1.29 is 4.74 Å². The minimum absolute atomic E-state index is 0.775. The van der Waals surface area contributed by atoms with E-state index in [1.807, 2.05) is 6.20 Å². The van der Waals surface area contributed by atoms with Crippen LogP contribution in [0.15, 0.2) is 12.3 Å². The second-order valence-electron chi connectivity index (χ2n) is 7.55. The summed E-state index contributed by atoms with van der Waals surface area (Å²) < 4.78 is 5.42. The van der Waals surface area contributed by atoms with Gasteiger partial charge in [0.25, 0.3) is 0 Å². The number of morpholine rings is 1. The van der Waals surface area contributed by atoms with Gasteiger partial charge in [0.2, 0.25) is 5.95 Å². The highest BCUT2D eigenvalue weighted by Gasteiger charge is 2.25. The molecule has 0 saturated carbocycles. The summed E-state index contributed by atoms with van der Waals surface area (Å²) in [5.41, 5.74) is 1.15. The molecule has 0 radical (unpaired) electrons. The summed E-state index contributed by atoms with van der Waals surface area (Å²) in [6.45, 7) is 9.31. The van der Waals surface area contributed by atoms with Crippen LogP contribution in [0.1, 0.15) is 37.8 Å². The van der Waals surface area contributed by atoms with E-state index < -0.39 is 0 Å². The Bertz CT molecular complexity index is 534. The molecule has 0 aliphatic carbocycles. The molecule has 0 bridgehead atoms. The van der Waals surface area contributed by atoms with E-state index in [0.717, 1.165) is 50.5 Å². The molecular weight excluding hydrogens is 314 g/mol. The molecule has 0 atom stereocenters. The summed E-state index contributed by atoms with van der Waals surface area (Å²) in [4.78, 5) is 16.8. The average Bonchev–Trinajstić information content (AvgIpc) is 2.70. The number of hydrogen-bond donors (Lipinski definition) is 0. The van der Waals surface area contributed by atoms with Gasteiger partial charge in [-0.05, 0) is 44.8 Å². The van der Waals surface area contributed by atoms with Crippen LogP contribution in [0.5, 0.6) is 0 Å². The Morgan fingerprint density at radius 2 is 1.72 bits per heavy atom. The molecule has 25 heavy (non-hydrogen) atoms. The van der Waals surface area contributed by atoms with Gasteiger partial charge in [-0.2, -0.15) is 0 Å². The first-order chi connectivity index (χ1) is 12.4. The molecule has 4 rings (SSSR count). The summed E-state index contributed by atoms with van der Waals surface area (Å²) in [6.07, 6.45) is 8.74. The number of aromatic nitrogens is 2. The molecule has 1 aromatic heterocycles. The molecule has 3 saturated heterocycles. The van der Waals surface area contributed by atoms with Crippen LogP contribution in [0.2, 0.25) is 0 Å². The van der Waals surface area contributed by atoms with E-state index in [1.54, 1.807) is 0 Å². The number of likely N-dealkylation sites (tertiary alicyclic amines) is 2. The Labute approximate surface area is 151 Å². The normalized spacial score (nSPS) is 24.6. The van der Waals surface area contributed by atoms with Crippen molar-refractivity contribution in [2.24, 2.45) is 0 Å². The van der Waals surface area contributed by atoms with E-state index >= 15 is 0 Å². The topological polar surface area (TPSA) is 44.7 Å². The lowest BCUT2D eigenvalue weighted by atomic mass is 10.00. The Balaban J connectivity index is 1.29. The fourth-order valence-electron chi connectivity index (χ4n) is 4.34. The van der Waals surface area contributed by atoms with E-state index in [9.17, 15) is 0 Å². The van der Waals surface area contributed by atoms with Crippen molar-refractivity contribution in [2.45, 2.75) is 44.7 Å². The van der Waals surface area contributed by atoms with E-state index in [4.69, 9.17) is 9.72 Å². The number of piperidine rings is 2. The van der Waals surface area contributed by atoms with Gasteiger partial charge in [0.05, 0.1) is 18.9 Å². The standard InChI is InChI=1S/C19H31N5O/c1-2-8-23(9-3-1)18-5-10-22(11-6-18)16-17-4-7-20-19(21-17)24-12-14-25-15-13-24/h4,7,18H,1-3,5-6,8-16H2. The first-order valence-electron chi connectivity index (χ1n) is 9.99. The lowest BCUT2D eigenvalue weighted by Crippen LogP contribution is -2.46. The molecule has 0 N–H and O–H groups in total. The Kier molecular flexibility index (Phi) is 5.79. The molecule has 3 aliphatic heterocycles. The maximum absolute atomic E-state index is 5.42. The monoisotopic (exact) mass is 345 g/mol. The van der Waals surface area contributed by atoms with Crippen LogP contribution in [0.4, 0.5) is 5.95 Å². The molecule has 3 aliphatic rings. The lowest BCUT2D eigenvalue weighted by molar-refractivity contribution is 0.0891. The highest BCUT2D eigenvalue weighted by molar-refractivity contribution is 5.30. The number of anilines is 1. The molecule has 1 aromatic rings. The zero-order valence-corrected chi connectivity index (χ0v) is 15.3. The summed E-state index contributed by atoms with van der Waals surface area (Å²) >= 11 is 0. The quantitative estimate of drug-likeness (QED) is 0.829. The number of hydrogen-bond acceptors (Lipinski definition) is 6. The zero-order chi connectivity index (χ0) is 16.9. The zero-order valence-electron chi connectivity index (χ0n) is 15.3. The predicted octanol–water partition coefficient (Wildman–Crippen LogP) is 1.76. The van der Waals surface area contributed by atoms with Gasteiger partial charge in [0, 0.05) is 45.0 Å². The highest BCUT2D eigenvalue weighted by atomic mass is 16.5. The third-order valence-corrected chi connectivity index (χ3v) is 5.84. The molecule has 4 heterocycles. The molecule has 0 aromatic carbocycles. The molecule has 138 valence electrons. The number of ether oxygens (including phenoxy) is 1. The smallest absolute Gasteiger partial charge is 0.225 e. The molecular formula is C19H31N5O. The Hall–Kier alpha value is -1.24. The molecule has 0 spiro atoms. The molecule has 0 amide bonds. The summed E-state index contributed by atoms with van der Waals surface area (Å²) in [7, 11) is 0. The minimum Gasteiger partial charge on any atom is -0.378 e. The minimum atomic E-state index is 0.775. The Morgan fingerprint density at radius 3 is 2.48 bits per heavy atom. The van der Waals surface area contributed by atoms with Gasteiger partial charge in [0.15, 0.2) is 0 Å². The summed E-state index contributed by atoms with van der Waals surface area (Å²) in [5.74, 6) is 0.865. The second kappa shape index (κ2) is 8.43. The third-order valence-electron chi connectivity index (χ3n) is 5.84. The van der Waals surface area contributed by atoms with Gasteiger partial charge in [0.1, 0.15) is 0 Å². The van der Waals surface area contributed by atoms with Gasteiger partial charge in [-0.1, -0.05) is 6.42 Å². The van der Waals surface area contributed by atoms with Gasteiger partial charge >= 0.3 is 0 Å². The van der Waals surface area contributed by atoms with Gasteiger partial charge in [-0.25, -0.2) is 9.97 Å². The fourth-order valence-corrected chi connectivity index (χ4v) is 4.34. The van der Waals surface area contributed by atoms with Crippen LogP contribution in [0.25, 0.3) is 0 Å². The largest absolute Gasteiger partial charge is 0.378 e. The number of nitrogens with zero attached hydrogens (tertiary/aromatic N) is 5. The van der Waals surface area contributed by atoms with E-state index in [2.05, 4.69) is 25.8 Å². The van der Waals surface area contributed by atoms with E-state index in [0.29, 0.717) is 0 Å². The fraction of sp³-hybridized carbons (Fsp3) is 0.789. The second-order valence-corrected chi connectivity index (χ2v) is 7.55. The predicted molar refractivity (Wildman–Crippen MR) is 98.8 cm³/mol.